The van der Waals surface area contributed by atoms with Crippen LogP contribution in [0, 0.1) is 18.3 Å². The summed E-state index contributed by atoms with van der Waals surface area (Å²) < 4.78 is 2.17. The van der Waals surface area contributed by atoms with E-state index >= 15 is 0 Å². The number of para-hydroxylation sites is 1. The van der Waals surface area contributed by atoms with Crippen molar-refractivity contribution < 1.29 is 9.90 Å². The lowest BCUT2D eigenvalue weighted by atomic mass is 10.0. The van der Waals surface area contributed by atoms with E-state index in [1.165, 1.54) is 0 Å². The molecule has 26 heavy (non-hydrogen) atoms. The van der Waals surface area contributed by atoms with Gasteiger partial charge in [-0.1, -0.05) is 30.3 Å². The first-order valence-electron chi connectivity index (χ1n) is 8.20. The standard InChI is InChI=1S/C20H18ClN3O2/c1-13-17(10-18(23-21)20(25)26)16-4-2-3-5-19(16)24(13)12-15-8-6-14(11-22)7-9-15/h2-9,18,23H,10,12H2,1H3,(H,25,26). The van der Waals surface area contributed by atoms with Crippen LogP contribution >= 0.6 is 11.8 Å². The van der Waals surface area contributed by atoms with Crippen molar-refractivity contribution in [1.29, 1.82) is 5.26 Å². The third kappa shape index (κ3) is 3.43. The molecular formula is C20H18ClN3O2. The first-order chi connectivity index (χ1) is 12.5. The summed E-state index contributed by atoms with van der Waals surface area (Å²) in [7, 11) is 0. The van der Waals surface area contributed by atoms with Crippen LogP contribution in [0.5, 0.6) is 0 Å². The molecule has 1 aromatic heterocycles. The summed E-state index contributed by atoms with van der Waals surface area (Å²) in [5.74, 6) is -0.983. The summed E-state index contributed by atoms with van der Waals surface area (Å²) >= 11 is 5.62. The quantitative estimate of drug-likeness (QED) is 0.652. The molecule has 0 aliphatic heterocycles. The summed E-state index contributed by atoms with van der Waals surface area (Å²) in [5.41, 5.74) is 4.72. The summed E-state index contributed by atoms with van der Waals surface area (Å²) in [4.78, 5) is 13.7. The Bertz CT molecular complexity index is 987. The number of aliphatic carboxylic acids is 1. The van der Waals surface area contributed by atoms with Gasteiger partial charge in [0.15, 0.2) is 0 Å². The number of carbonyl (C=O) groups is 1. The fourth-order valence-electron chi connectivity index (χ4n) is 3.21. The zero-order valence-electron chi connectivity index (χ0n) is 14.2. The van der Waals surface area contributed by atoms with Crippen molar-refractivity contribution in [3.05, 3.63) is 70.9 Å². The Labute approximate surface area is 156 Å². The fraction of sp³-hybridized carbons (Fsp3) is 0.200. The third-order valence-electron chi connectivity index (χ3n) is 4.62. The number of nitrogens with zero attached hydrogens (tertiary/aromatic N) is 2. The van der Waals surface area contributed by atoms with E-state index in [2.05, 4.69) is 15.5 Å². The Morgan fingerprint density at radius 2 is 1.96 bits per heavy atom. The van der Waals surface area contributed by atoms with Gasteiger partial charge in [0.2, 0.25) is 0 Å². The van der Waals surface area contributed by atoms with Gasteiger partial charge in [0.1, 0.15) is 6.04 Å². The summed E-state index contributed by atoms with van der Waals surface area (Å²) in [6.45, 7) is 2.64. The number of nitriles is 1. The second-order valence-corrected chi connectivity index (χ2v) is 6.40. The van der Waals surface area contributed by atoms with Crippen LogP contribution < -0.4 is 4.84 Å². The van der Waals surface area contributed by atoms with Crippen LogP contribution in [0.1, 0.15) is 22.4 Å². The zero-order chi connectivity index (χ0) is 18.7. The highest BCUT2D eigenvalue weighted by molar-refractivity contribution is 6.14. The minimum absolute atomic E-state index is 0.297. The van der Waals surface area contributed by atoms with E-state index in [-0.39, 0.29) is 0 Å². The molecule has 0 spiro atoms. The SMILES string of the molecule is Cc1c(CC(NCl)C(=O)O)c2ccccc2n1Cc1ccc(C#N)cc1. The zero-order valence-corrected chi connectivity index (χ0v) is 15.0. The van der Waals surface area contributed by atoms with Crippen molar-refractivity contribution in [2.75, 3.05) is 0 Å². The normalized spacial score (nSPS) is 12.0. The van der Waals surface area contributed by atoms with Crippen molar-refractivity contribution in [1.82, 2.24) is 9.40 Å². The molecule has 0 amide bonds. The molecule has 0 aliphatic rings. The van der Waals surface area contributed by atoms with Crippen molar-refractivity contribution in [2.45, 2.75) is 25.9 Å². The molecule has 1 heterocycles. The van der Waals surface area contributed by atoms with Gasteiger partial charge in [0.05, 0.1) is 11.6 Å². The van der Waals surface area contributed by atoms with Gasteiger partial charge in [-0.25, -0.2) is 4.84 Å². The van der Waals surface area contributed by atoms with Crippen LogP contribution in [-0.4, -0.2) is 21.7 Å². The molecule has 0 fully saturated rings. The number of fused-ring (bicyclic) bond motifs is 1. The average Bonchev–Trinajstić information content (AvgIpc) is 2.92. The van der Waals surface area contributed by atoms with Crippen LogP contribution in [0.2, 0.25) is 0 Å². The molecule has 2 N–H and O–H groups in total. The second kappa shape index (κ2) is 7.61. The van der Waals surface area contributed by atoms with E-state index < -0.39 is 12.0 Å². The largest absolute Gasteiger partial charge is 0.480 e. The summed E-state index contributed by atoms with van der Waals surface area (Å²) in [6.07, 6.45) is 0.297. The van der Waals surface area contributed by atoms with E-state index in [1.807, 2.05) is 43.3 Å². The maximum absolute atomic E-state index is 11.4. The molecule has 1 unspecified atom stereocenters. The monoisotopic (exact) mass is 367 g/mol. The lowest BCUT2D eigenvalue weighted by Gasteiger charge is -2.11. The van der Waals surface area contributed by atoms with Crippen LogP contribution in [0.4, 0.5) is 0 Å². The molecule has 0 saturated carbocycles. The molecule has 6 heteroatoms. The van der Waals surface area contributed by atoms with Gasteiger partial charge < -0.3 is 9.67 Å². The Kier molecular flexibility index (Phi) is 5.27. The maximum atomic E-state index is 11.4. The van der Waals surface area contributed by atoms with Gasteiger partial charge in [-0.2, -0.15) is 5.26 Å². The smallest absolute Gasteiger partial charge is 0.322 e. The number of hydrogen-bond donors (Lipinski definition) is 2. The Morgan fingerprint density at radius 3 is 2.58 bits per heavy atom. The van der Waals surface area contributed by atoms with Gasteiger partial charge in [-0.05, 0) is 48.0 Å². The number of carboxylic acids is 1. The second-order valence-electron chi connectivity index (χ2n) is 6.18. The van der Waals surface area contributed by atoms with Gasteiger partial charge in [-0.3, -0.25) is 4.79 Å². The van der Waals surface area contributed by atoms with E-state index in [1.54, 1.807) is 12.1 Å². The lowest BCUT2D eigenvalue weighted by molar-refractivity contribution is -0.138. The number of rotatable bonds is 6. The van der Waals surface area contributed by atoms with Gasteiger partial charge in [0.25, 0.3) is 0 Å². The number of hydrogen-bond acceptors (Lipinski definition) is 3. The first kappa shape index (κ1) is 18.0. The average molecular weight is 368 g/mol. The van der Waals surface area contributed by atoms with Gasteiger partial charge >= 0.3 is 5.97 Å². The van der Waals surface area contributed by atoms with Crippen LogP contribution in [-0.2, 0) is 17.8 Å². The molecule has 5 nitrogen and oxygen atoms in total. The predicted octanol–water partition coefficient (Wildman–Crippen LogP) is 3.61. The van der Waals surface area contributed by atoms with Crippen molar-refractivity contribution >= 4 is 28.6 Å². The molecular weight excluding hydrogens is 350 g/mol. The van der Waals surface area contributed by atoms with E-state index in [9.17, 15) is 9.90 Å². The number of nitrogens with one attached hydrogen (secondary N) is 1. The van der Waals surface area contributed by atoms with Crippen molar-refractivity contribution in [3.63, 3.8) is 0 Å². The Balaban J connectivity index is 2.04. The van der Waals surface area contributed by atoms with Gasteiger partial charge in [0, 0.05) is 29.6 Å². The maximum Gasteiger partial charge on any atom is 0.322 e. The number of halogens is 1. The summed E-state index contributed by atoms with van der Waals surface area (Å²) in [6, 6.07) is 16.7. The number of carboxylic acid groups (broad SMARTS) is 1. The molecule has 1 atom stereocenters. The Hall–Kier alpha value is -2.81. The van der Waals surface area contributed by atoms with Crippen molar-refractivity contribution in [3.8, 4) is 6.07 Å². The molecule has 3 aromatic rings. The number of aromatic nitrogens is 1. The lowest BCUT2D eigenvalue weighted by Crippen LogP contribution is -2.32. The van der Waals surface area contributed by atoms with Crippen LogP contribution in [0.25, 0.3) is 10.9 Å². The summed E-state index contributed by atoms with van der Waals surface area (Å²) in [5, 5.41) is 19.3. The third-order valence-corrected chi connectivity index (χ3v) is 4.89. The van der Waals surface area contributed by atoms with Crippen LogP contribution in [0.3, 0.4) is 0 Å². The highest BCUT2D eigenvalue weighted by Crippen LogP contribution is 2.28. The van der Waals surface area contributed by atoms with E-state index in [4.69, 9.17) is 17.0 Å². The fourth-order valence-corrected chi connectivity index (χ4v) is 3.38. The molecule has 3 rings (SSSR count). The first-order valence-corrected chi connectivity index (χ1v) is 8.57. The highest BCUT2D eigenvalue weighted by atomic mass is 35.5. The van der Waals surface area contributed by atoms with Crippen LogP contribution in [0.15, 0.2) is 48.5 Å². The molecule has 132 valence electrons. The molecule has 0 radical (unpaired) electrons. The molecule has 0 saturated heterocycles. The number of benzene rings is 2. The van der Waals surface area contributed by atoms with E-state index in [0.717, 1.165) is 27.7 Å². The van der Waals surface area contributed by atoms with E-state index in [0.29, 0.717) is 18.5 Å². The Morgan fingerprint density at radius 1 is 1.27 bits per heavy atom. The topological polar surface area (TPSA) is 78.0 Å². The highest BCUT2D eigenvalue weighted by Gasteiger charge is 2.22. The minimum Gasteiger partial charge on any atom is -0.480 e. The molecule has 0 bridgehead atoms. The van der Waals surface area contributed by atoms with Gasteiger partial charge in [-0.15, -0.1) is 0 Å². The molecule has 2 aromatic carbocycles. The predicted molar refractivity (Wildman–Crippen MR) is 101 cm³/mol. The minimum atomic E-state index is -0.983. The molecule has 0 aliphatic carbocycles. The van der Waals surface area contributed by atoms with Crippen molar-refractivity contribution in [2.24, 2.45) is 0 Å².